The number of benzene rings is 3. The van der Waals surface area contributed by atoms with E-state index < -0.39 is 6.10 Å². The predicted octanol–water partition coefficient (Wildman–Crippen LogP) is 5.46. The molecule has 1 spiro atoms. The van der Waals surface area contributed by atoms with Crippen molar-refractivity contribution in [2.24, 2.45) is 11.7 Å². The first kappa shape index (κ1) is 32.9. The highest BCUT2D eigenvalue weighted by molar-refractivity contribution is 5.84. The molecule has 7 rings (SSSR count). The van der Waals surface area contributed by atoms with E-state index in [1.54, 1.807) is 19.2 Å². The van der Waals surface area contributed by atoms with Crippen LogP contribution in [0.5, 0.6) is 28.7 Å². The van der Waals surface area contributed by atoms with Gasteiger partial charge in [0.05, 0.1) is 19.2 Å². The van der Waals surface area contributed by atoms with Gasteiger partial charge in [-0.15, -0.1) is 0 Å². The molecular weight excluding hydrogens is 622 g/mol. The Morgan fingerprint density at radius 3 is 2.78 bits per heavy atom. The summed E-state index contributed by atoms with van der Waals surface area (Å²) in [5, 5.41) is 27.6. The Morgan fingerprint density at radius 2 is 2.02 bits per heavy atom. The molecular formula is C39H45N3O7. The van der Waals surface area contributed by atoms with Crippen LogP contribution in [0.1, 0.15) is 66.9 Å². The Hall–Kier alpha value is -4.67. The normalized spacial score (nSPS) is 24.7. The molecule has 4 aliphatic rings. The van der Waals surface area contributed by atoms with Gasteiger partial charge in [-0.2, -0.15) is 0 Å². The Balaban J connectivity index is 1.33. The third kappa shape index (κ3) is 6.19. The van der Waals surface area contributed by atoms with E-state index in [0.717, 1.165) is 71.2 Å². The van der Waals surface area contributed by atoms with Crippen LogP contribution in [0.15, 0.2) is 66.4 Å². The third-order valence-electron chi connectivity index (χ3n) is 10.5. The fraction of sp³-hybridized carbons (Fsp3) is 0.410. The lowest BCUT2D eigenvalue weighted by atomic mass is 9.65. The number of nitrogens with one attached hydrogen (secondary N) is 2. The van der Waals surface area contributed by atoms with Crippen LogP contribution < -0.4 is 30.6 Å². The van der Waals surface area contributed by atoms with E-state index in [1.807, 2.05) is 37.5 Å². The van der Waals surface area contributed by atoms with Gasteiger partial charge in [0.15, 0.2) is 11.5 Å². The molecule has 3 aromatic carbocycles. The smallest absolute Gasteiger partial charge is 0.302 e. The topological polar surface area (TPSA) is 145 Å². The second kappa shape index (κ2) is 13.3. The van der Waals surface area contributed by atoms with E-state index in [2.05, 4.69) is 28.8 Å². The first-order valence-electron chi connectivity index (χ1n) is 17.1. The van der Waals surface area contributed by atoms with Crippen molar-refractivity contribution in [2.45, 2.75) is 62.6 Å². The number of hydrogen-bond donors (Lipinski definition) is 5. The van der Waals surface area contributed by atoms with Gasteiger partial charge >= 0.3 is 5.97 Å². The summed E-state index contributed by atoms with van der Waals surface area (Å²) >= 11 is 0. The van der Waals surface area contributed by atoms with Gasteiger partial charge in [0.2, 0.25) is 0 Å². The molecule has 2 aliphatic heterocycles. The summed E-state index contributed by atoms with van der Waals surface area (Å²) < 4.78 is 24.5. The quantitative estimate of drug-likeness (QED) is 0.140. The van der Waals surface area contributed by atoms with Crippen LogP contribution in [0.2, 0.25) is 0 Å². The third-order valence-corrected chi connectivity index (χ3v) is 10.5. The zero-order valence-corrected chi connectivity index (χ0v) is 28.3. The van der Waals surface area contributed by atoms with Crippen LogP contribution in [0.3, 0.4) is 0 Å². The molecule has 1 fully saturated rings. The molecule has 6 N–H and O–H groups in total. The molecule has 258 valence electrons. The molecule has 0 saturated heterocycles. The molecule has 2 heterocycles. The Labute approximate surface area is 286 Å². The van der Waals surface area contributed by atoms with Crippen LogP contribution >= 0.6 is 0 Å². The number of aromatic hydroxyl groups is 2. The van der Waals surface area contributed by atoms with E-state index in [-0.39, 0.29) is 41.6 Å². The number of dihydropyridines is 1. The minimum Gasteiger partial charge on any atom is -0.508 e. The van der Waals surface area contributed by atoms with Crippen molar-refractivity contribution >= 4 is 5.97 Å². The number of phenolic OH excluding ortho intramolecular Hbond substituents is 2. The number of fused-ring (bicyclic) bond motifs is 6. The standard InChI is InChI=1S/C39H45N3O7/c1-22(43)48-21-30-28-6-7-29-35-26(15-27(44)17-33(35)46-3)19-39(11-10-23(18-39)14-24-4-9-34(40)42-20-24)36(29)38(28)49-37(30)25-5-8-31(45)32(16-25)47-13-12-41-2/h4-9,15-17,20,23,30,34,37,41-42,44-45H,10-14,18-19,21,40H2,1-3H3. The van der Waals surface area contributed by atoms with Crippen molar-refractivity contribution in [1.82, 2.24) is 10.6 Å². The largest absolute Gasteiger partial charge is 0.508 e. The van der Waals surface area contributed by atoms with E-state index in [0.29, 0.717) is 30.6 Å². The average Bonchev–Trinajstić information content (AvgIpc) is 3.66. The maximum atomic E-state index is 12.1. The van der Waals surface area contributed by atoms with Gasteiger partial charge in [-0.25, -0.2) is 0 Å². The number of likely N-dealkylation sites (N-methyl/N-ethyl adjacent to an activating group) is 1. The van der Waals surface area contributed by atoms with Crippen LogP contribution in [0, 0.1) is 5.92 Å². The average molecular weight is 668 g/mol. The summed E-state index contributed by atoms with van der Waals surface area (Å²) in [5.41, 5.74) is 13.0. The molecule has 1 saturated carbocycles. The van der Waals surface area contributed by atoms with Crippen molar-refractivity contribution < 1.29 is 34.0 Å². The minimum atomic E-state index is -0.488. The van der Waals surface area contributed by atoms with Gasteiger partial charge < -0.3 is 45.5 Å². The van der Waals surface area contributed by atoms with Crippen LogP contribution in [-0.2, 0) is 21.4 Å². The first-order valence-corrected chi connectivity index (χ1v) is 17.1. The summed E-state index contributed by atoms with van der Waals surface area (Å²) in [5.74, 6) is 1.82. The second-order valence-electron chi connectivity index (χ2n) is 13.8. The van der Waals surface area contributed by atoms with Crippen molar-refractivity contribution in [3.63, 3.8) is 0 Å². The molecule has 49 heavy (non-hydrogen) atoms. The number of rotatable bonds is 10. The van der Waals surface area contributed by atoms with Gasteiger partial charge in [0, 0.05) is 47.8 Å². The maximum Gasteiger partial charge on any atom is 0.302 e. The molecule has 5 atom stereocenters. The number of carbonyl (C=O) groups excluding carboxylic acids is 1. The highest BCUT2D eigenvalue weighted by Gasteiger charge is 2.50. The zero-order chi connectivity index (χ0) is 34.3. The van der Waals surface area contributed by atoms with Gasteiger partial charge in [0.1, 0.15) is 36.6 Å². The van der Waals surface area contributed by atoms with Crippen LogP contribution in [0.4, 0.5) is 0 Å². The molecule has 0 radical (unpaired) electrons. The number of ether oxygens (including phenoxy) is 4. The fourth-order valence-corrected chi connectivity index (χ4v) is 8.41. The Morgan fingerprint density at radius 1 is 1.16 bits per heavy atom. The fourth-order valence-electron chi connectivity index (χ4n) is 8.41. The van der Waals surface area contributed by atoms with E-state index in [9.17, 15) is 15.0 Å². The Bertz CT molecular complexity index is 1820. The highest BCUT2D eigenvalue weighted by atomic mass is 16.5. The molecule has 0 amide bonds. The summed E-state index contributed by atoms with van der Waals surface area (Å²) in [6.07, 6.45) is 10.1. The van der Waals surface area contributed by atoms with Crippen LogP contribution in [-0.4, -0.2) is 56.3 Å². The molecule has 3 aromatic rings. The van der Waals surface area contributed by atoms with Crippen molar-refractivity contribution in [2.75, 3.05) is 33.9 Å². The lowest BCUT2D eigenvalue weighted by molar-refractivity contribution is -0.141. The SMILES string of the molecule is CNCCOc1cc(C2Oc3c(ccc4c3C3(CCC(CC5=CNC(N)C=C5)C3)Cc3cc(O)cc(OC)c3-4)C2COC(C)=O)ccc1O. The summed E-state index contributed by atoms with van der Waals surface area (Å²) in [6, 6.07) is 13.1. The number of esters is 1. The van der Waals surface area contributed by atoms with E-state index >= 15 is 0 Å². The summed E-state index contributed by atoms with van der Waals surface area (Å²) in [4.78, 5) is 12.1. The van der Waals surface area contributed by atoms with Gasteiger partial charge in [-0.3, -0.25) is 4.79 Å². The first-order chi connectivity index (χ1) is 23.7. The number of nitrogens with two attached hydrogens (primary N) is 1. The Kier molecular flexibility index (Phi) is 8.94. The van der Waals surface area contributed by atoms with Crippen molar-refractivity contribution in [3.05, 3.63) is 88.6 Å². The van der Waals surface area contributed by atoms with Gasteiger partial charge in [-0.05, 0) is 91.6 Å². The van der Waals surface area contributed by atoms with Gasteiger partial charge in [0.25, 0.3) is 0 Å². The molecule has 10 heteroatoms. The summed E-state index contributed by atoms with van der Waals surface area (Å²) in [7, 11) is 3.48. The maximum absolute atomic E-state index is 12.1. The monoisotopic (exact) mass is 667 g/mol. The molecule has 2 aliphatic carbocycles. The number of allylic oxidation sites excluding steroid dienone is 2. The molecule has 5 unspecified atom stereocenters. The number of hydrogen-bond acceptors (Lipinski definition) is 10. The second-order valence-corrected chi connectivity index (χ2v) is 13.8. The number of carbonyl (C=O) groups is 1. The van der Waals surface area contributed by atoms with Gasteiger partial charge in [-0.1, -0.05) is 24.3 Å². The molecule has 10 nitrogen and oxygen atoms in total. The summed E-state index contributed by atoms with van der Waals surface area (Å²) in [6.45, 7) is 2.57. The molecule has 0 bridgehead atoms. The van der Waals surface area contributed by atoms with Crippen molar-refractivity contribution in [3.8, 4) is 39.9 Å². The zero-order valence-electron chi connectivity index (χ0n) is 28.3. The molecule has 0 aromatic heterocycles. The minimum absolute atomic E-state index is 0.0484. The lowest BCUT2D eigenvalue weighted by Gasteiger charge is -2.39. The van der Waals surface area contributed by atoms with E-state index in [1.165, 1.54) is 12.5 Å². The van der Waals surface area contributed by atoms with Crippen molar-refractivity contribution in [1.29, 1.82) is 0 Å². The highest BCUT2D eigenvalue weighted by Crippen LogP contribution is 2.62. The number of phenols is 2. The van der Waals surface area contributed by atoms with E-state index in [4.69, 9.17) is 24.7 Å². The predicted molar refractivity (Wildman–Crippen MR) is 186 cm³/mol. The number of methoxy groups -OCH3 is 1. The lowest BCUT2D eigenvalue weighted by Crippen LogP contribution is -2.33. The van der Waals surface area contributed by atoms with Crippen LogP contribution in [0.25, 0.3) is 11.1 Å².